The van der Waals surface area contributed by atoms with Crippen LogP contribution < -0.4 is 10.9 Å². The lowest BCUT2D eigenvalue weighted by atomic mass is 9.34. The molecule has 0 heterocycles. The zero-order chi connectivity index (χ0) is 23.2. The van der Waals surface area contributed by atoms with Crippen LogP contribution in [0.2, 0.25) is 0 Å². The highest BCUT2D eigenvalue weighted by atomic mass is 16.5. The zero-order valence-corrected chi connectivity index (χ0v) is 20.7. The van der Waals surface area contributed by atoms with E-state index in [2.05, 4.69) is 93.6 Å². The highest BCUT2D eigenvalue weighted by Crippen LogP contribution is 2.35. The molecule has 1 aliphatic rings. The smallest absolute Gasteiger partial charge is 0.242 e. The van der Waals surface area contributed by atoms with E-state index in [-0.39, 0.29) is 6.71 Å². The molecule has 0 atom stereocenters. The summed E-state index contributed by atoms with van der Waals surface area (Å²) in [7, 11) is 1.85. The second-order valence-corrected chi connectivity index (χ2v) is 9.83. The third-order valence-electron chi connectivity index (χ3n) is 7.22. The summed E-state index contributed by atoms with van der Waals surface area (Å²) < 4.78 is 5.89. The van der Waals surface area contributed by atoms with Crippen LogP contribution in [-0.2, 0) is 4.74 Å². The van der Waals surface area contributed by atoms with E-state index in [0.29, 0.717) is 12.5 Å². The number of rotatable bonds is 7. The van der Waals surface area contributed by atoms with Crippen LogP contribution in [-0.4, -0.2) is 20.4 Å². The van der Waals surface area contributed by atoms with Crippen molar-refractivity contribution in [3.05, 3.63) is 101 Å². The summed E-state index contributed by atoms with van der Waals surface area (Å²) in [5.74, 6) is 0.591. The van der Waals surface area contributed by atoms with Crippen LogP contribution in [0.5, 0.6) is 0 Å². The summed E-state index contributed by atoms with van der Waals surface area (Å²) in [4.78, 5) is 0. The molecule has 170 valence electrons. The maximum Gasteiger partial charge on any atom is 0.242 e. The first-order valence-electron chi connectivity index (χ1n) is 12.5. The van der Waals surface area contributed by atoms with E-state index in [1.807, 2.05) is 7.11 Å². The van der Waals surface area contributed by atoms with E-state index >= 15 is 0 Å². The fourth-order valence-electron chi connectivity index (χ4n) is 5.34. The maximum atomic E-state index is 5.89. The molecule has 0 saturated heterocycles. The summed E-state index contributed by atoms with van der Waals surface area (Å²) in [5.41, 5.74) is 10.9. The minimum Gasteiger partial charge on any atom is -0.380 e. The Morgan fingerprint density at radius 3 is 1.61 bits per heavy atom. The molecule has 33 heavy (non-hydrogen) atoms. The Labute approximate surface area is 201 Å². The molecular weight excluding hydrogens is 399 g/mol. The van der Waals surface area contributed by atoms with Crippen molar-refractivity contribution in [1.29, 1.82) is 0 Å². The predicted octanol–water partition coefficient (Wildman–Crippen LogP) is 6.44. The first kappa shape index (κ1) is 23.6. The molecule has 0 unspecified atom stereocenters. The zero-order valence-electron chi connectivity index (χ0n) is 20.7. The average molecular weight is 436 g/mol. The van der Waals surface area contributed by atoms with Gasteiger partial charge in [-0.2, -0.15) is 0 Å². The van der Waals surface area contributed by atoms with Gasteiger partial charge in [0.05, 0.1) is 6.61 Å². The second kappa shape index (κ2) is 11.0. The maximum absolute atomic E-state index is 5.89. The minimum atomic E-state index is 0.181. The Morgan fingerprint density at radius 2 is 1.15 bits per heavy atom. The molecule has 0 N–H and O–H groups in total. The van der Waals surface area contributed by atoms with Crippen molar-refractivity contribution >= 4 is 23.1 Å². The summed E-state index contributed by atoms with van der Waals surface area (Å²) in [6, 6.07) is 27.4. The Balaban J connectivity index is 1.98. The highest BCUT2D eigenvalue weighted by Gasteiger charge is 2.31. The molecule has 1 fully saturated rings. The SMILES string of the molecule is COC/C(=C(\B(c1ccc(C)cc1)c1ccc(C)cc1)c1ccc(C)cc1)C1CCCCC1. The predicted molar refractivity (Wildman–Crippen MR) is 144 cm³/mol. The third kappa shape index (κ3) is 5.68. The van der Waals surface area contributed by atoms with Crippen molar-refractivity contribution in [1.82, 2.24) is 0 Å². The van der Waals surface area contributed by atoms with Crippen LogP contribution in [0, 0.1) is 26.7 Å². The van der Waals surface area contributed by atoms with Gasteiger partial charge in [-0.05, 0) is 50.7 Å². The first-order chi connectivity index (χ1) is 16.1. The quantitative estimate of drug-likeness (QED) is 0.387. The number of hydrogen-bond donors (Lipinski definition) is 0. The molecule has 0 bridgehead atoms. The van der Waals surface area contributed by atoms with Crippen LogP contribution >= 0.6 is 0 Å². The van der Waals surface area contributed by atoms with Gasteiger partial charge in [-0.1, -0.05) is 125 Å². The first-order valence-corrected chi connectivity index (χ1v) is 12.5. The fourth-order valence-corrected chi connectivity index (χ4v) is 5.34. The number of benzene rings is 3. The molecule has 0 amide bonds. The molecular formula is C31H37BO. The Bertz CT molecular complexity index is 1010. The van der Waals surface area contributed by atoms with Crippen LogP contribution in [0.4, 0.5) is 0 Å². The Hall–Kier alpha value is -2.58. The number of methoxy groups -OCH3 is 1. The summed E-state index contributed by atoms with van der Waals surface area (Å²) in [5, 5.41) is 0. The summed E-state index contributed by atoms with van der Waals surface area (Å²) >= 11 is 0. The molecule has 1 aliphatic carbocycles. The Morgan fingerprint density at radius 1 is 0.697 bits per heavy atom. The van der Waals surface area contributed by atoms with Gasteiger partial charge in [-0.3, -0.25) is 0 Å². The third-order valence-corrected chi connectivity index (χ3v) is 7.22. The minimum absolute atomic E-state index is 0.181. The van der Waals surface area contributed by atoms with Gasteiger partial charge >= 0.3 is 0 Å². The van der Waals surface area contributed by atoms with Crippen LogP contribution in [0.3, 0.4) is 0 Å². The monoisotopic (exact) mass is 436 g/mol. The van der Waals surface area contributed by atoms with Crippen LogP contribution in [0.25, 0.3) is 5.47 Å². The molecule has 2 heteroatoms. The lowest BCUT2D eigenvalue weighted by molar-refractivity contribution is 0.210. The number of aryl methyl sites for hydroxylation is 3. The molecule has 0 aliphatic heterocycles. The van der Waals surface area contributed by atoms with Gasteiger partial charge in [-0.15, -0.1) is 0 Å². The number of ether oxygens (including phenoxy) is 1. The van der Waals surface area contributed by atoms with Gasteiger partial charge in [0, 0.05) is 7.11 Å². The van der Waals surface area contributed by atoms with Gasteiger partial charge in [0.2, 0.25) is 6.71 Å². The van der Waals surface area contributed by atoms with Crippen molar-refractivity contribution in [3.8, 4) is 0 Å². The van der Waals surface area contributed by atoms with E-state index in [9.17, 15) is 0 Å². The van der Waals surface area contributed by atoms with Crippen molar-refractivity contribution in [2.24, 2.45) is 5.92 Å². The lowest BCUT2D eigenvalue weighted by Gasteiger charge is -2.30. The van der Waals surface area contributed by atoms with E-state index in [1.54, 1.807) is 0 Å². The van der Waals surface area contributed by atoms with Gasteiger partial charge < -0.3 is 4.74 Å². The largest absolute Gasteiger partial charge is 0.380 e. The summed E-state index contributed by atoms with van der Waals surface area (Å²) in [6.07, 6.45) is 6.53. The van der Waals surface area contributed by atoms with E-state index in [4.69, 9.17) is 4.74 Å². The van der Waals surface area contributed by atoms with E-state index in [1.165, 1.54) is 76.3 Å². The molecule has 0 spiro atoms. The van der Waals surface area contributed by atoms with Crippen LogP contribution in [0.15, 0.2) is 78.4 Å². The van der Waals surface area contributed by atoms with Crippen molar-refractivity contribution in [3.63, 3.8) is 0 Å². The fraction of sp³-hybridized carbons (Fsp3) is 0.355. The van der Waals surface area contributed by atoms with E-state index in [0.717, 1.165) is 0 Å². The average Bonchev–Trinajstić information content (AvgIpc) is 2.84. The topological polar surface area (TPSA) is 9.23 Å². The van der Waals surface area contributed by atoms with Crippen LogP contribution in [0.1, 0.15) is 54.4 Å². The van der Waals surface area contributed by atoms with Crippen molar-refractivity contribution in [2.75, 3.05) is 13.7 Å². The van der Waals surface area contributed by atoms with Gasteiger partial charge in [0.25, 0.3) is 0 Å². The van der Waals surface area contributed by atoms with Gasteiger partial charge in [0.1, 0.15) is 0 Å². The second-order valence-electron chi connectivity index (χ2n) is 9.83. The molecule has 1 nitrogen and oxygen atoms in total. The van der Waals surface area contributed by atoms with Gasteiger partial charge in [0.15, 0.2) is 0 Å². The normalized spacial score (nSPS) is 15.3. The molecule has 3 aromatic carbocycles. The standard InChI is InChI=1S/C31H37BO/c1-23-10-16-27(17-11-23)31(30(22-33-4)26-8-6-5-7-9-26)32(28-18-12-24(2)13-19-28)29-20-14-25(3)15-21-29/h10-21,26H,5-9,22H2,1-4H3/b31-30+. The molecule has 0 radical (unpaired) electrons. The van der Waals surface area contributed by atoms with E-state index < -0.39 is 0 Å². The lowest BCUT2D eigenvalue weighted by Crippen LogP contribution is -2.45. The van der Waals surface area contributed by atoms with Crippen molar-refractivity contribution in [2.45, 2.75) is 52.9 Å². The van der Waals surface area contributed by atoms with Gasteiger partial charge in [-0.25, -0.2) is 0 Å². The molecule has 0 aromatic heterocycles. The highest BCUT2D eigenvalue weighted by molar-refractivity contribution is 6.99. The molecule has 4 rings (SSSR count). The number of hydrogen-bond acceptors (Lipinski definition) is 1. The summed E-state index contributed by atoms with van der Waals surface area (Å²) in [6.45, 7) is 7.38. The van der Waals surface area contributed by atoms with Crippen molar-refractivity contribution < 1.29 is 4.74 Å². The molecule has 1 saturated carbocycles. The Kier molecular flexibility index (Phi) is 7.88. The molecule has 3 aromatic rings.